The van der Waals surface area contributed by atoms with E-state index < -0.39 is 11.7 Å². The fourth-order valence-electron chi connectivity index (χ4n) is 3.24. The van der Waals surface area contributed by atoms with Crippen LogP contribution in [0.4, 0.5) is 4.39 Å². The summed E-state index contributed by atoms with van der Waals surface area (Å²) in [6.45, 7) is 0.481. The molecule has 154 valence electrons. The maximum absolute atomic E-state index is 14.1. The summed E-state index contributed by atoms with van der Waals surface area (Å²) in [4.78, 5) is 29.9. The van der Waals surface area contributed by atoms with E-state index in [1.807, 2.05) is 6.07 Å². The van der Waals surface area contributed by atoms with E-state index in [1.54, 1.807) is 35.1 Å². The number of aryl methyl sites for hydroxylation is 1. The summed E-state index contributed by atoms with van der Waals surface area (Å²) in [7, 11) is 0. The van der Waals surface area contributed by atoms with Gasteiger partial charge < -0.3 is 5.11 Å². The molecule has 3 aromatic heterocycles. The molecular weight excluding hydrogens is 391 g/mol. The standard InChI is InChI=1S/C20H19FN6O3/c21-15-8-2-1-6-13(15)12-27-19-14(7-5-10-22-19)17(24-27)18-23-20(30)26(25-18)11-4-3-9-16(28)29/h1-2,5-8,10H,3-4,9,11-12H2,(H,28,29)(H,23,25,30). The Kier molecular flexibility index (Phi) is 5.38. The van der Waals surface area contributed by atoms with Gasteiger partial charge >= 0.3 is 11.7 Å². The quantitative estimate of drug-likeness (QED) is 0.431. The third kappa shape index (κ3) is 3.97. The second kappa shape index (κ2) is 8.27. The van der Waals surface area contributed by atoms with Crippen LogP contribution in [0.5, 0.6) is 0 Å². The van der Waals surface area contributed by atoms with Crippen molar-refractivity contribution in [3.63, 3.8) is 0 Å². The molecule has 0 atom stereocenters. The van der Waals surface area contributed by atoms with E-state index >= 15 is 0 Å². The van der Waals surface area contributed by atoms with Gasteiger partial charge in [-0.05, 0) is 31.0 Å². The molecule has 0 bridgehead atoms. The number of nitrogens with zero attached hydrogens (tertiary/aromatic N) is 5. The number of nitrogens with one attached hydrogen (secondary N) is 1. The first-order chi connectivity index (χ1) is 14.5. The number of aromatic amines is 1. The third-order valence-corrected chi connectivity index (χ3v) is 4.70. The number of benzene rings is 1. The first-order valence-electron chi connectivity index (χ1n) is 9.47. The fourth-order valence-corrected chi connectivity index (χ4v) is 3.24. The first-order valence-corrected chi connectivity index (χ1v) is 9.47. The van der Waals surface area contributed by atoms with Crippen molar-refractivity contribution in [3.05, 3.63) is 64.5 Å². The van der Waals surface area contributed by atoms with Gasteiger partial charge in [0, 0.05) is 24.7 Å². The van der Waals surface area contributed by atoms with Crippen molar-refractivity contribution in [2.45, 2.75) is 32.4 Å². The van der Waals surface area contributed by atoms with Crippen LogP contribution in [-0.2, 0) is 17.9 Å². The minimum atomic E-state index is -0.871. The van der Waals surface area contributed by atoms with Gasteiger partial charge in [0.15, 0.2) is 11.5 Å². The molecule has 0 aliphatic rings. The molecule has 30 heavy (non-hydrogen) atoms. The molecule has 0 spiro atoms. The van der Waals surface area contributed by atoms with Crippen LogP contribution in [0.3, 0.4) is 0 Å². The normalized spacial score (nSPS) is 11.2. The number of hydrogen-bond donors (Lipinski definition) is 2. The van der Waals surface area contributed by atoms with Crippen LogP contribution in [-0.4, -0.2) is 40.6 Å². The lowest BCUT2D eigenvalue weighted by molar-refractivity contribution is -0.137. The van der Waals surface area contributed by atoms with Crippen LogP contribution in [0.2, 0.25) is 0 Å². The van der Waals surface area contributed by atoms with E-state index in [1.165, 1.54) is 10.7 Å². The summed E-state index contributed by atoms with van der Waals surface area (Å²) in [5, 5.41) is 18.2. The van der Waals surface area contributed by atoms with Crippen molar-refractivity contribution in [1.82, 2.24) is 29.5 Å². The predicted octanol–water partition coefficient (Wildman–Crippen LogP) is 2.43. The van der Waals surface area contributed by atoms with Crippen LogP contribution < -0.4 is 5.69 Å². The molecule has 2 N–H and O–H groups in total. The predicted molar refractivity (Wildman–Crippen MR) is 106 cm³/mol. The zero-order chi connectivity index (χ0) is 21.1. The van der Waals surface area contributed by atoms with Crippen LogP contribution >= 0.6 is 0 Å². The number of aromatic nitrogens is 6. The van der Waals surface area contributed by atoms with Gasteiger partial charge in [-0.15, -0.1) is 5.10 Å². The van der Waals surface area contributed by atoms with Gasteiger partial charge in [0.2, 0.25) is 0 Å². The molecule has 4 aromatic rings. The second-order valence-electron chi connectivity index (χ2n) is 6.82. The largest absolute Gasteiger partial charge is 0.481 e. The maximum Gasteiger partial charge on any atom is 0.343 e. The fraction of sp³-hybridized carbons (Fsp3) is 0.250. The average Bonchev–Trinajstić information content (AvgIpc) is 3.27. The number of unbranched alkanes of at least 4 members (excludes halogenated alkanes) is 1. The molecule has 0 aliphatic heterocycles. The molecule has 0 saturated heterocycles. The lowest BCUT2D eigenvalue weighted by Gasteiger charge is -2.04. The molecule has 0 aliphatic carbocycles. The van der Waals surface area contributed by atoms with Crippen LogP contribution in [0.25, 0.3) is 22.6 Å². The highest BCUT2D eigenvalue weighted by atomic mass is 19.1. The van der Waals surface area contributed by atoms with E-state index in [0.717, 1.165) is 0 Å². The van der Waals surface area contributed by atoms with Crippen molar-refractivity contribution in [3.8, 4) is 11.5 Å². The van der Waals surface area contributed by atoms with Gasteiger partial charge in [-0.2, -0.15) is 5.10 Å². The molecule has 3 heterocycles. The van der Waals surface area contributed by atoms with Gasteiger partial charge in [-0.1, -0.05) is 18.2 Å². The lowest BCUT2D eigenvalue weighted by atomic mass is 10.2. The highest BCUT2D eigenvalue weighted by Crippen LogP contribution is 2.24. The molecule has 0 fully saturated rings. The Hall–Kier alpha value is -3.82. The van der Waals surface area contributed by atoms with E-state index in [4.69, 9.17) is 5.11 Å². The summed E-state index contributed by atoms with van der Waals surface area (Å²) in [6.07, 6.45) is 2.63. The van der Waals surface area contributed by atoms with Crippen molar-refractivity contribution >= 4 is 17.0 Å². The molecule has 0 saturated carbocycles. The Morgan fingerprint density at radius 1 is 1.10 bits per heavy atom. The topological polar surface area (TPSA) is 119 Å². The summed E-state index contributed by atoms with van der Waals surface area (Å²) >= 11 is 0. The number of rotatable bonds is 8. The molecule has 0 unspecified atom stereocenters. The van der Waals surface area contributed by atoms with Gasteiger partial charge in [0.1, 0.15) is 11.5 Å². The maximum atomic E-state index is 14.1. The number of carboxylic acids is 1. The zero-order valence-electron chi connectivity index (χ0n) is 16.0. The second-order valence-corrected chi connectivity index (χ2v) is 6.82. The van der Waals surface area contributed by atoms with Crippen molar-refractivity contribution < 1.29 is 14.3 Å². The summed E-state index contributed by atoms with van der Waals surface area (Å²) in [5.74, 6) is -0.925. The molecule has 4 rings (SSSR count). The van der Waals surface area contributed by atoms with Crippen LogP contribution in [0.15, 0.2) is 47.4 Å². The molecular formula is C20H19FN6O3. The molecule has 0 radical (unpaired) electrons. The van der Waals surface area contributed by atoms with E-state index in [-0.39, 0.29) is 24.6 Å². The summed E-state index contributed by atoms with van der Waals surface area (Å²) in [6, 6.07) is 10.0. The van der Waals surface area contributed by atoms with Crippen molar-refractivity contribution in [2.75, 3.05) is 0 Å². The SMILES string of the molecule is O=C(O)CCCCn1nc(-c2nn(Cc3ccccc3F)c3ncccc23)[nH]c1=O. The van der Waals surface area contributed by atoms with Crippen molar-refractivity contribution in [2.24, 2.45) is 0 Å². The number of halogens is 1. The highest BCUT2D eigenvalue weighted by Gasteiger charge is 2.18. The number of hydrogen-bond acceptors (Lipinski definition) is 5. The monoisotopic (exact) mass is 410 g/mol. The third-order valence-electron chi connectivity index (χ3n) is 4.70. The summed E-state index contributed by atoms with van der Waals surface area (Å²) < 4.78 is 16.9. The number of aliphatic carboxylic acids is 1. The highest BCUT2D eigenvalue weighted by molar-refractivity contribution is 5.89. The average molecular weight is 410 g/mol. The zero-order valence-corrected chi connectivity index (χ0v) is 16.0. The molecule has 9 nitrogen and oxygen atoms in total. The van der Waals surface area contributed by atoms with Gasteiger partial charge in [0.25, 0.3) is 0 Å². The number of fused-ring (bicyclic) bond motifs is 1. The number of carbonyl (C=O) groups is 1. The van der Waals surface area contributed by atoms with E-state index in [0.29, 0.717) is 41.7 Å². The van der Waals surface area contributed by atoms with E-state index in [9.17, 15) is 14.0 Å². The van der Waals surface area contributed by atoms with Gasteiger partial charge in [-0.3, -0.25) is 9.78 Å². The minimum absolute atomic E-state index is 0.0444. The van der Waals surface area contributed by atoms with Gasteiger partial charge in [0.05, 0.1) is 11.9 Å². The Morgan fingerprint density at radius 2 is 1.93 bits per heavy atom. The lowest BCUT2D eigenvalue weighted by Crippen LogP contribution is -2.18. The van der Waals surface area contributed by atoms with Crippen molar-refractivity contribution in [1.29, 1.82) is 0 Å². The van der Waals surface area contributed by atoms with Crippen LogP contribution in [0, 0.1) is 5.82 Å². The Bertz CT molecular complexity index is 1260. The molecule has 1 aromatic carbocycles. The smallest absolute Gasteiger partial charge is 0.343 e. The number of carboxylic acid groups (broad SMARTS) is 1. The van der Waals surface area contributed by atoms with E-state index in [2.05, 4.69) is 20.2 Å². The van der Waals surface area contributed by atoms with Crippen LogP contribution in [0.1, 0.15) is 24.8 Å². The molecule has 10 heteroatoms. The number of pyridine rings is 1. The Balaban J connectivity index is 1.65. The summed E-state index contributed by atoms with van der Waals surface area (Å²) in [5.41, 5.74) is 1.06. The van der Waals surface area contributed by atoms with Gasteiger partial charge in [-0.25, -0.2) is 23.5 Å². The number of H-pyrrole nitrogens is 1. The minimum Gasteiger partial charge on any atom is -0.481 e. The first kappa shape index (κ1) is 19.5. The Morgan fingerprint density at radius 3 is 2.73 bits per heavy atom. The molecule has 0 amide bonds. The Labute approximate surface area is 169 Å².